The van der Waals surface area contributed by atoms with Gasteiger partial charge in [0, 0.05) is 16.8 Å². The zero-order valence-electron chi connectivity index (χ0n) is 16.9. The highest BCUT2D eigenvalue weighted by Gasteiger charge is 2.30. The Hall–Kier alpha value is -4.19. The fourth-order valence-electron chi connectivity index (χ4n) is 3.68. The van der Waals surface area contributed by atoms with Crippen LogP contribution in [-0.2, 0) is 0 Å². The Morgan fingerprint density at radius 2 is 1.61 bits per heavy atom. The van der Waals surface area contributed by atoms with Gasteiger partial charge in [-0.25, -0.2) is 4.99 Å². The van der Waals surface area contributed by atoms with Crippen molar-refractivity contribution in [3.8, 4) is 0 Å². The summed E-state index contributed by atoms with van der Waals surface area (Å²) in [7, 11) is 0. The Labute approximate surface area is 179 Å². The van der Waals surface area contributed by atoms with E-state index in [1.807, 2.05) is 91.9 Å². The fourth-order valence-corrected chi connectivity index (χ4v) is 3.68. The van der Waals surface area contributed by atoms with Crippen molar-refractivity contribution in [2.75, 3.05) is 5.32 Å². The summed E-state index contributed by atoms with van der Waals surface area (Å²) in [5.74, 6) is 0.423. The number of carbonyl (C=O) groups excluding carboxylic acids is 1. The molecule has 0 aliphatic carbocycles. The minimum absolute atomic E-state index is 0.0517. The number of aromatic nitrogens is 1. The van der Waals surface area contributed by atoms with E-state index in [9.17, 15) is 4.79 Å². The molecule has 0 spiro atoms. The Balaban J connectivity index is 1.52. The lowest BCUT2D eigenvalue weighted by molar-refractivity contribution is 0.102. The Kier molecular flexibility index (Phi) is 4.80. The molecule has 6 nitrogen and oxygen atoms in total. The van der Waals surface area contributed by atoms with Gasteiger partial charge in [0.1, 0.15) is 11.6 Å². The Morgan fingerprint density at radius 3 is 2.35 bits per heavy atom. The molecule has 0 saturated heterocycles. The van der Waals surface area contributed by atoms with Gasteiger partial charge in [0.25, 0.3) is 0 Å². The van der Waals surface area contributed by atoms with Gasteiger partial charge in [-0.2, -0.15) is 4.98 Å². The molecule has 1 aliphatic rings. The number of para-hydroxylation sites is 2. The van der Waals surface area contributed by atoms with E-state index < -0.39 is 6.04 Å². The number of nitrogens with zero attached hydrogens (tertiary/aromatic N) is 2. The van der Waals surface area contributed by atoms with Crippen molar-refractivity contribution in [3.63, 3.8) is 0 Å². The quantitative estimate of drug-likeness (QED) is 0.460. The highest BCUT2D eigenvalue weighted by Crippen LogP contribution is 2.33. The molecule has 0 amide bonds. The molecule has 0 unspecified atom stereocenters. The average Bonchev–Trinajstić information content (AvgIpc) is 3.22. The molecule has 4 aromatic rings. The second kappa shape index (κ2) is 7.91. The molecule has 0 bridgehead atoms. The standard InChI is InChI=1S/C25H20N4O2/c1-16-21(23(30)18-12-6-3-7-13-18)22(17-10-4-2-5-11-17)28-24(26-16)29-25-27-19-14-8-9-15-20(19)31-25/h2-15,22H,1H3,(H2,26,27,28,29)/t22-/m1/s1. The van der Waals surface area contributed by atoms with E-state index in [4.69, 9.17) is 9.41 Å². The molecule has 2 heterocycles. The van der Waals surface area contributed by atoms with Crippen molar-refractivity contribution in [3.05, 3.63) is 107 Å². The molecule has 1 atom stereocenters. The number of hydrogen-bond acceptors (Lipinski definition) is 6. The number of aliphatic imine (C=N–C) groups is 1. The van der Waals surface area contributed by atoms with Gasteiger partial charge in [-0.3, -0.25) is 10.1 Å². The number of hydrogen-bond donors (Lipinski definition) is 2. The van der Waals surface area contributed by atoms with Crippen molar-refractivity contribution < 1.29 is 9.21 Å². The van der Waals surface area contributed by atoms with E-state index in [0.29, 0.717) is 28.7 Å². The molecular weight excluding hydrogens is 388 g/mol. The van der Waals surface area contributed by atoms with E-state index >= 15 is 0 Å². The van der Waals surface area contributed by atoms with Gasteiger partial charge in [0.05, 0.1) is 0 Å². The molecule has 0 radical (unpaired) electrons. The molecule has 0 fully saturated rings. The largest absolute Gasteiger partial charge is 0.423 e. The van der Waals surface area contributed by atoms with Gasteiger partial charge in [-0.15, -0.1) is 0 Å². The minimum atomic E-state index is -0.456. The zero-order chi connectivity index (χ0) is 21.2. The molecular formula is C25H20N4O2. The minimum Gasteiger partial charge on any atom is -0.423 e. The van der Waals surface area contributed by atoms with Crippen LogP contribution in [0.15, 0.2) is 106 Å². The molecule has 152 valence electrons. The number of benzene rings is 3. The fraction of sp³-hybridized carbons (Fsp3) is 0.0800. The summed E-state index contributed by atoms with van der Waals surface area (Å²) in [6.45, 7) is 1.88. The van der Waals surface area contributed by atoms with Crippen LogP contribution in [0, 0.1) is 0 Å². The third-order valence-corrected chi connectivity index (χ3v) is 5.16. The van der Waals surface area contributed by atoms with Gasteiger partial charge >= 0.3 is 6.01 Å². The highest BCUT2D eigenvalue weighted by molar-refractivity contribution is 6.11. The summed E-state index contributed by atoms with van der Waals surface area (Å²) in [4.78, 5) is 22.6. The maximum absolute atomic E-state index is 13.4. The second-order valence-corrected chi connectivity index (χ2v) is 7.26. The van der Waals surface area contributed by atoms with Crippen LogP contribution in [0.25, 0.3) is 11.1 Å². The van der Waals surface area contributed by atoms with E-state index in [1.54, 1.807) is 0 Å². The van der Waals surface area contributed by atoms with Crippen LogP contribution in [0.1, 0.15) is 28.9 Å². The normalized spacial score (nSPS) is 16.0. The number of rotatable bonds is 4. The topological polar surface area (TPSA) is 79.5 Å². The van der Waals surface area contributed by atoms with E-state index in [1.165, 1.54) is 0 Å². The number of guanidine groups is 1. The molecule has 31 heavy (non-hydrogen) atoms. The summed E-state index contributed by atoms with van der Waals surface area (Å²) < 4.78 is 5.76. The highest BCUT2D eigenvalue weighted by atomic mass is 16.4. The van der Waals surface area contributed by atoms with E-state index in [0.717, 1.165) is 16.8 Å². The Bertz CT molecular complexity index is 1270. The first-order chi connectivity index (χ1) is 15.2. The average molecular weight is 408 g/mol. The number of ketones is 1. The number of fused-ring (bicyclic) bond motifs is 1. The molecule has 0 saturated carbocycles. The number of Topliss-reactive ketones (excluding diaryl/α,β-unsaturated/α-hetero) is 1. The summed E-state index contributed by atoms with van der Waals surface area (Å²) in [5, 5.41) is 6.32. The van der Waals surface area contributed by atoms with Crippen LogP contribution in [0.3, 0.4) is 0 Å². The number of oxazole rings is 1. The molecule has 5 rings (SSSR count). The monoisotopic (exact) mass is 408 g/mol. The van der Waals surface area contributed by atoms with Gasteiger partial charge in [0.15, 0.2) is 11.4 Å². The van der Waals surface area contributed by atoms with Crippen LogP contribution >= 0.6 is 0 Å². The van der Waals surface area contributed by atoms with Crippen molar-refractivity contribution in [2.24, 2.45) is 4.99 Å². The molecule has 1 aliphatic heterocycles. The number of anilines is 1. The van der Waals surface area contributed by atoms with Crippen LogP contribution in [0.4, 0.5) is 6.01 Å². The molecule has 1 aromatic heterocycles. The van der Waals surface area contributed by atoms with Crippen LogP contribution in [0.5, 0.6) is 0 Å². The summed E-state index contributed by atoms with van der Waals surface area (Å²) in [6, 6.07) is 26.5. The maximum atomic E-state index is 13.4. The third kappa shape index (κ3) is 3.71. The lowest BCUT2D eigenvalue weighted by Gasteiger charge is -2.26. The van der Waals surface area contributed by atoms with Crippen molar-refractivity contribution in [1.29, 1.82) is 0 Å². The first-order valence-electron chi connectivity index (χ1n) is 10.0. The smallest absolute Gasteiger partial charge is 0.302 e. The summed E-state index contributed by atoms with van der Waals surface area (Å²) in [5.41, 5.74) is 4.35. The van der Waals surface area contributed by atoms with Gasteiger partial charge in [-0.1, -0.05) is 72.8 Å². The molecule has 2 N–H and O–H groups in total. The third-order valence-electron chi connectivity index (χ3n) is 5.16. The number of nitrogens with one attached hydrogen (secondary N) is 2. The van der Waals surface area contributed by atoms with Crippen molar-refractivity contribution in [2.45, 2.75) is 13.0 Å². The Morgan fingerprint density at radius 1 is 0.935 bits per heavy atom. The SMILES string of the molecule is CC1=C(C(=O)c2ccccc2)[C@@H](c2ccccc2)N=C(Nc2nc3ccccc3o2)N1. The maximum Gasteiger partial charge on any atom is 0.302 e. The zero-order valence-corrected chi connectivity index (χ0v) is 16.9. The number of carbonyl (C=O) groups is 1. The summed E-state index contributed by atoms with van der Waals surface area (Å²) >= 11 is 0. The first-order valence-corrected chi connectivity index (χ1v) is 10.0. The summed E-state index contributed by atoms with van der Waals surface area (Å²) in [6.07, 6.45) is 0. The van der Waals surface area contributed by atoms with Crippen LogP contribution in [-0.4, -0.2) is 16.7 Å². The first kappa shape index (κ1) is 18.8. The van der Waals surface area contributed by atoms with Gasteiger partial charge < -0.3 is 9.73 Å². The molecule has 6 heteroatoms. The van der Waals surface area contributed by atoms with E-state index in [-0.39, 0.29) is 5.78 Å². The number of allylic oxidation sites excluding steroid dienone is 1. The van der Waals surface area contributed by atoms with Crippen LogP contribution < -0.4 is 10.6 Å². The lowest BCUT2D eigenvalue weighted by Crippen LogP contribution is -2.36. The predicted octanol–water partition coefficient (Wildman–Crippen LogP) is 5.10. The lowest BCUT2D eigenvalue weighted by atomic mass is 9.90. The van der Waals surface area contributed by atoms with Gasteiger partial charge in [-0.05, 0) is 24.6 Å². The van der Waals surface area contributed by atoms with Crippen LogP contribution in [0.2, 0.25) is 0 Å². The van der Waals surface area contributed by atoms with Crippen molar-refractivity contribution >= 4 is 28.9 Å². The molecule has 3 aromatic carbocycles. The predicted molar refractivity (Wildman–Crippen MR) is 121 cm³/mol. The van der Waals surface area contributed by atoms with Crippen molar-refractivity contribution in [1.82, 2.24) is 10.3 Å². The second-order valence-electron chi connectivity index (χ2n) is 7.26. The van der Waals surface area contributed by atoms with Gasteiger partial charge in [0.2, 0.25) is 5.96 Å². The van der Waals surface area contributed by atoms with E-state index in [2.05, 4.69) is 15.6 Å².